The molecule has 0 fully saturated rings. The van der Waals surface area contributed by atoms with Gasteiger partial charge in [-0.1, -0.05) is 20.7 Å². The summed E-state index contributed by atoms with van der Waals surface area (Å²) in [5.74, 6) is 0. The van der Waals surface area contributed by atoms with Crippen LogP contribution in [0.3, 0.4) is 0 Å². The number of nitrogens with zero attached hydrogens (tertiary/aromatic N) is 2. The van der Waals surface area contributed by atoms with Gasteiger partial charge in [-0.2, -0.15) is 5.10 Å². The standard InChI is InChI=1S/C3H5IN2/c1-6-3-4-2-5-6/h2-3H,1H3. The maximum Gasteiger partial charge on any atom is 0.0816 e. The van der Waals surface area contributed by atoms with Gasteiger partial charge < -0.3 is 0 Å². The molecule has 0 saturated heterocycles. The minimum atomic E-state index is 0.211. The zero-order valence-corrected chi connectivity index (χ0v) is 5.58. The van der Waals surface area contributed by atoms with Gasteiger partial charge in [-0.15, -0.1) is 0 Å². The Hall–Kier alpha value is 0.0700. The molecule has 0 radical (unpaired) electrons. The SMILES string of the molecule is CN1C=IC=N1. The maximum absolute atomic E-state index is 3.94. The molecule has 1 rings (SSSR count). The van der Waals surface area contributed by atoms with E-state index >= 15 is 0 Å². The highest BCUT2D eigenvalue weighted by molar-refractivity contribution is 14.2. The predicted molar refractivity (Wildman–Crippen MR) is 36.3 cm³/mol. The second kappa shape index (κ2) is 1.68. The van der Waals surface area contributed by atoms with Crippen LogP contribution in [0.4, 0.5) is 0 Å². The molecule has 6 heavy (non-hydrogen) atoms. The molecule has 0 amide bonds. The highest BCUT2D eigenvalue weighted by atomic mass is 127. The maximum atomic E-state index is 3.94. The topological polar surface area (TPSA) is 15.6 Å². The molecule has 1 aliphatic heterocycles. The zero-order chi connectivity index (χ0) is 4.41. The van der Waals surface area contributed by atoms with Crippen LogP contribution in [0.5, 0.6) is 0 Å². The van der Waals surface area contributed by atoms with Crippen molar-refractivity contribution in [3.8, 4) is 0 Å². The van der Waals surface area contributed by atoms with Gasteiger partial charge in [0.1, 0.15) is 0 Å². The van der Waals surface area contributed by atoms with Crippen LogP contribution in [0.15, 0.2) is 5.10 Å². The molecular formula is C3H5IN2. The van der Waals surface area contributed by atoms with Gasteiger partial charge in [-0.25, -0.2) is 0 Å². The van der Waals surface area contributed by atoms with Gasteiger partial charge in [0.05, 0.1) is 8.36 Å². The molecule has 0 atom stereocenters. The molecule has 0 aromatic carbocycles. The molecule has 0 spiro atoms. The molecule has 0 bridgehead atoms. The molecule has 0 saturated carbocycles. The first-order valence-electron chi connectivity index (χ1n) is 1.60. The van der Waals surface area contributed by atoms with Gasteiger partial charge in [0.2, 0.25) is 0 Å². The Morgan fingerprint density at radius 2 is 2.67 bits per heavy atom. The largest absolute Gasteiger partial charge is 0.270 e. The van der Waals surface area contributed by atoms with Crippen molar-refractivity contribution in [2.24, 2.45) is 5.10 Å². The third-order valence-corrected chi connectivity index (χ3v) is 2.18. The summed E-state index contributed by atoms with van der Waals surface area (Å²) in [6.07, 6.45) is 0. The lowest BCUT2D eigenvalue weighted by atomic mass is 11.2. The molecule has 0 aliphatic carbocycles. The second-order valence-corrected chi connectivity index (χ2v) is 2.84. The van der Waals surface area contributed by atoms with Crippen LogP contribution in [0, 0.1) is 0 Å². The van der Waals surface area contributed by atoms with E-state index < -0.39 is 0 Å². The Morgan fingerprint density at radius 1 is 1.83 bits per heavy atom. The molecule has 0 aromatic heterocycles. The summed E-state index contributed by atoms with van der Waals surface area (Å²) in [4.78, 5) is 0. The highest BCUT2D eigenvalue weighted by Gasteiger charge is 1.84. The van der Waals surface area contributed by atoms with Crippen molar-refractivity contribution < 1.29 is 0 Å². The zero-order valence-electron chi connectivity index (χ0n) is 3.43. The Morgan fingerprint density at radius 3 is 2.83 bits per heavy atom. The van der Waals surface area contributed by atoms with Gasteiger partial charge in [-0.05, 0) is 0 Å². The average Bonchev–Trinajstić information content (AvgIpc) is 1.86. The smallest absolute Gasteiger partial charge is 0.0816 e. The Balaban J connectivity index is 2.60. The summed E-state index contributed by atoms with van der Waals surface area (Å²) in [6, 6.07) is 0. The minimum Gasteiger partial charge on any atom is -0.270 e. The fourth-order valence-corrected chi connectivity index (χ4v) is 1.52. The number of rotatable bonds is 0. The summed E-state index contributed by atoms with van der Waals surface area (Å²) >= 11 is 0.211. The fourth-order valence-electron chi connectivity index (χ4n) is 0.226. The first kappa shape index (κ1) is 4.23. The summed E-state index contributed by atoms with van der Waals surface area (Å²) in [7, 11) is 1.95. The molecule has 2 nitrogen and oxygen atoms in total. The van der Waals surface area contributed by atoms with E-state index in [1.54, 1.807) is 0 Å². The van der Waals surface area contributed by atoms with Gasteiger partial charge >= 0.3 is 0 Å². The summed E-state index contributed by atoms with van der Waals surface area (Å²) in [6.45, 7) is 0. The van der Waals surface area contributed by atoms with Gasteiger partial charge in [0.25, 0.3) is 0 Å². The summed E-state index contributed by atoms with van der Waals surface area (Å²) in [5, 5.41) is 5.79. The van der Waals surface area contributed by atoms with Crippen molar-refractivity contribution >= 4 is 29.1 Å². The second-order valence-electron chi connectivity index (χ2n) is 1.01. The number of hydrazone groups is 1. The van der Waals surface area contributed by atoms with Gasteiger partial charge in [0.15, 0.2) is 0 Å². The van der Waals surface area contributed by atoms with Crippen LogP contribution in [0.25, 0.3) is 0 Å². The molecule has 0 N–H and O–H groups in total. The molecule has 34 valence electrons. The Kier molecular flexibility index (Phi) is 1.19. The molecule has 0 unspecified atom stereocenters. The average molecular weight is 196 g/mol. The van der Waals surface area contributed by atoms with Gasteiger partial charge in [-0.3, -0.25) is 5.01 Å². The van der Waals surface area contributed by atoms with Crippen LogP contribution < -0.4 is 0 Å². The van der Waals surface area contributed by atoms with Crippen molar-refractivity contribution in [2.75, 3.05) is 7.05 Å². The van der Waals surface area contributed by atoms with Crippen molar-refractivity contribution in [2.45, 2.75) is 0 Å². The van der Waals surface area contributed by atoms with Crippen molar-refractivity contribution in [3.63, 3.8) is 0 Å². The quantitative estimate of drug-likeness (QED) is 0.518. The first-order chi connectivity index (χ1) is 2.89. The lowest BCUT2D eigenvalue weighted by molar-refractivity contribution is 0.578. The van der Waals surface area contributed by atoms with E-state index in [1.165, 1.54) is 0 Å². The number of hydrogen-bond donors (Lipinski definition) is 0. The van der Waals surface area contributed by atoms with Crippen LogP contribution in [0.1, 0.15) is 0 Å². The highest BCUT2D eigenvalue weighted by Crippen LogP contribution is 1.97. The van der Waals surface area contributed by atoms with Gasteiger partial charge in [0, 0.05) is 7.05 Å². The van der Waals surface area contributed by atoms with E-state index in [0.717, 1.165) is 0 Å². The third-order valence-electron chi connectivity index (χ3n) is 0.480. The molecule has 1 aliphatic rings. The first-order valence-corrected chi connectivity index (χ1v) is 4.09. The lowest BCUT2D eigenvalue weighted by Gasteiger charge is -1.94. The van der Waals surface area contributed by atoms with E-state index in [2.05, 4.69) is 9.24 Å². The normalized spacial score (nSPS) is 18.5. The van der Waals surface area contributed by atoms with Crippen molar-refractivity contribution in [1.29, 1.82) is 0 Å². The fraction of sp³-hybridized carbons (Fsp3) is 0.333. The monoisotopic (exact) mass is 196 g/mol. The third kappa shape index (κ3) is 0.767. The molecular weight excluding hydrogens is 191 g/mol. The van der Waals surface area contributed by atoms with E-state index in [-0.39, 0.29) is 20.7 Å². The van der Waals surface area contributed by atoms with Crippen molar-refractivity contribution in [1.82, 2.24) is 5.01 Å². The summed E-state index contributed by atoms with van der Waals surface area (Å²) in [5.41, 5.74) is 0. The molecule has 1 heterocycles. The predicted octanol–water partition coefficient (Wildman–Crippen LogP) is 0.606. The van der Waals surface area contributed by atoms with Crippen LogP contribution in [-0.4, -0.2) is 20.4 Å². The molecule has 3 heteroatoms. The summed E-state index contributed by atoms with van der Waals surface area (Å²) < 4.78 is 4.11. The number of halogens is 1. The van der Waals surface area contributed by atoms with Crippen LogP contribution >= 0.6 is 20.7 Å². The van der Waals surface area contributed by atoms with E-state index in [4.69, 9.17) is 0 Å². The number of hydrogen-bond acceptors (Lipinski definition) is 2. The Labute approximate surface area is 46.6 Å². The van der Waals surface area contributed by atoms with E-state index in [1.807, 2.05) is 16.3 Å². The van der Waals surface area contributed by atoms with E-state index in [0.29, 0.717) is 0 Å². The Bertz CT molecular complexity index is 85.0. The van der Waals surface area contributed by atoms with Crippen LogP contribution in [-0.2, 0) is 0 Å². The van der Waals surface area contributed by atoms with E-state index in [9.17, 15) is 0 Å². The van der Waals surface area contributed by atoms with Crippen LogP contribution in [0.2, 0.25) is 0 Å². The minimum absolute atomic E-state index is 0.211. The lowest BCUT2D eigenvalue weighted by Crippen LogP contribution is -2.00. The molecule has 0 aromatic rings. The van der Waals surface area contributed by atoms with Crippen molar-refractivity contribution in [3.05, 3.63) is 0 Å².